The van der Waals surface area contributed by atoms with Gasteiger partial charge in [0.1, 0.15) is 15.7 Å². The third-order valence-corrected chi connectivity index (χ3v) is 7.14. The first-order valence-corrected chi connectivity index (χ1v) is 10.4. The molecule has 0 saturated heterocycles. The molecule has 0 atom stereocenters. The summed E-state index contributed by atoms with van der Waals surface area (Å²) in [7, 11) is -3.72. The van der Waals surface area contributed by atoms with Crippen molar-refractivity contribution in [3.05, 3.63) is 41.4 Å². The summed E-state index contributed by atoms with van der Waals surface area (Å²) in [5.74, 6) is -1.62. The molecule has 0 N–H and O–H groups in total. The second-order valence-corrected chi connectivity index (χ2v) is 9.23. The van der Waals surface area contributed by atoms with Gasteiger partial charge in [-0.1, -0.05) is 0 Å². The highest BCUT2D eigenvalue weighted by molar-refractivity contribution is 7.93. The standard InChI is InChI=1S/C15H12F3N5O3S2/c16-8-3-9(5-19-4-8)23(28(24,25)10-1-2-10)7-12-20-6-11(27-12)14-21-22-15(26-14)13(17)18/h3-6,10,13H,1-2,7H2. The van der Waals surface area contributed by atoms with E-state index in [-0.39, 0.29) is 18.1 Å². The van der Waals surface area contributed by atoms with E-state index in [4.69, 9.17) is 4.42 Å². The molecule has 0 amide bonds. The Balaban J connectivity index is 1.63. The first kappa shape index (κ1) is 18.8. The maximum absolute atomic E-state index is 13.6. The Morgan fingerprint density at radius 3 is 2.68 bits per heavy atom. The molecule has 1 aliphatic carbocycles. The number of nitrogens with zero attached hydrogens (tertiary/aromatic N) is 5. The smallest absolute Gasteiger partial charge is 0.314 e. The van der Waals surface area contributed by atoms with Crippen molar-refractivity contribution in [3.8, 4) is 10.8 Å². The minimum absolute atomic E-state index is 0.0847. The van der Waals surface area contributed by atoms with Crippen molar-refractivity contribution in [1.29, 1.82) is 0 Å². The van der Waals surface area contributed by atoms with Crippen molar-refractivity contribution in [2.75, 3.05) is 4.31 Å². The van der Waals surface area contributed by atoms with Crippen molar-refractivity contribution in [3.63, 3.8) is 0 Å². The number of thiazole rings is 1. The van der Waals surface area contributed by atoms with Crippen LogP contribution in [0, 0.1) is 5.82 Å². The van der Waals surface area contributed by atoms with Gasteiger partial charge in [-0.2, -0.15) is 8.78 Å². The molecular weight excluding hydrogens is 419 g/mol. The predicted octanol–water partition coefficient (Wildman–Crippen LogP) is 3.16. The van der Waals surface area contributed by atoms with Gasteiger partial charge in [-0.25, -0.2) is 17.8 Å². The molecule has 13 heteroatoms. The molecule has 1 fully saturated rings. The summed E-state index contributed by atoms with van der Waals surface area (Å²) >= 11 is 1.01. The Morgan fingerprint density at radius 1 is 1.25 bits per heavy atom. The van der Waals surface area contributed by atoms with Crippen molar-refractivity contribution in [2.45, 2.75) is 31.1 Å². The quantitative estimate of drug-likeness (QED) is 0.566. The highest BCUT2D eigenvalue weighted by atomic mass is 32.2. The zero-order valence-corrected chi connectivity index (χ0v) is 15.6. The number of anilines is 1. The Bertz CT molecular complexity index is 1100. The van der Waals surface area contributed by atoms with Crippen LogP contribution in [-0.4, -0.2) is 33.8 Å². The number of aromatic nitrogens is 4. The van der Waals surface area contributed by atoms with Gasteiger partial charge in [0.15, 0.2) is 0 Å². The summed E-state index contributed by atoms with van der Waals surface area (Å²) < 4.78 is 70.3. The van der Waals surface area contributed by atoms with Crippen LogP contribution in [0.4, 0.5) is 18.9 Å². The number of pyridine rings is 1. The predicted molar refractivity (Wildman–Crippen MR) is 92.7 cm³/mol. The molecule has 3 aromatic rings. The maximum Gasteiger partial charge on any atom is 0.314 e. The van der Waals surface area contributed by atoms with E-state index in [9.17, 15) is 21.6 Å². The Morgan fingerprint density at radius 2 is 2.04 bits per heavy atom. The van der Waals surface area contributed by atoms with Crippen molar-refractivity contribution in [2.24, 2.45) is 0 Å². The van der Waals surface area contributed by atoms with Crippen LogP contribution >= 0.6 is 11.3 Å². The largest absolute Gasteiger partial charge is 0.414 e. The van der Waals surface area contributed by atoms with Gasteiger partial charge in [-0.05, 0) is 12.8 Å². The van der Waals surface area contributed by atoms with E-state index >= 15 is 0 Å². The van der Waals surface area contributed by atoms with E-state index in [2.05, 4.69) is 20.2 Å². The average Bonchev–Trinajstić information content (AvgIpc) is 3.22. The van der Waals surface area contributed by atoms with E-state index in [1.54, 1.807) is 0 Å². The van der Waals surface area contributed by atoms with Gasteiger partial charge in [0.2, 0.25) is 10.0 Å². The molecule has 4 rings (SSSR count). The van der Waals surface area contributed by atoms with Gasteiger partial charge in [0.05, 0.1) is 36.1 Å². The Kier molecular flexibility index (Phi) is 4.79. The summed E-state index contributed by atoms with van der Waals surface area (Å²) in [5, 5.41) is 6.60. The van der Waals surface area contributed by atoms with Crippen LogP contribution in [0.5, 0.6) is 0 Å². The lowest BCUT2D eigenvalue weighted by Gasteiger charge is -2.23. The zero-order valence-electron chi connectivity index (χ0n) is 14.0. The molecule has 28 heavy (non-hydrogen) atoms. The second-order valence-electron chi connectivity index (χ2n) is 5.98. The van der Waals surface area contributed by atoms with Crippen LogP contribution in [-0.2, 0) is 16.6 Å². The molecule has 148 valence electrons. The van der Waals surface area contributed by atoms with Crippen LogP contribution in [0.2, 0.25) is 0 Å². The summed E-state index contributed by atoms with van der Waals surface area (Å²) in [6.45, 7) is -0.162. The molecule has 8 nitrogen and oxygen atoms in total. The highest BCUT2D eigenvalue weighted by Gasteiger charge is 2.41. The molecule has 0 bridgehead atoms. The van der Waals surface area contributed by atoms with E-state index in [0.29, 0.717) is 22.7 Å². The normalized spacial score (nSPS) is 14.6. The van der Waals surface area contributed by atoms with Gasteiger partial charge in [0.25, 0.3) is 11.8 Å². The summed E-state index contributed by atoms with van der Waals surface area (Å²) in [4.78, 5) is 8.14. The lowest BCUT2D eigenvalue weighted by atomic mass is 10.4. The fraction of sp³-hybridized carbons (Fsp3) is 0.333. The monoisotopic (exact) mass is 431 g/mol. The molecular formula is C15H12F3N5O3S2. The molecule has 3 heterocycles. The van der Waals surface area contributed by atoms with Crippen LogP contribution in [0.15, 0.2) is 29.1 Å². The van der Waals surface area contributed by atoms with E-state index in [1.165, 1.54) is 12.4 Å². The van der Waals surface area contributed by atoms with Crippen LogP contribution in [0.25, 0.3) is 10.8 Å². The molecule has 0 unspecified atom stereocenters. The van der Waals surface area contributed by atoms with Crippen LogP contribution in [0.1, 0.15) is 30.2 Å². The van der Waals surface area contributed by atoms with Crippen LogP contribution in [0.3, 0.4) is 0 Å². The molecule has 0 aliphatic heterocycles. The van der Waals surface area contributed by atoms with Gasteiger partial charge < -0.3 is 4.42 Å². The minimum Gasteiger partial charge on any atom is -0.414 e. The highest BCUT2D eigenvalue weighted by Crippen LogP contribution is 2.35. The number of halogens is 3. The number of rotatable bonds is 7. The van der Waals surface area contributed by atoms with Gasteiger partial charge in [-0.15, -0.1) is 21.5 Å². The lowest BCUT2D eigenvalue weighted by Crippen LogP contribution is -2.33. The minimum atomic E-state index is -3.72. The number of hydrogen-bond donors (Lipinski definition) is 0. The van der Waals surface area contributed by atoms with Gasteiger partial charge in [0, 0.05) is 6.07 Å². The molecule has 0 aromatic carbocycles. The van der Waals surface area contributed by atoms with Crippen molar-refractivity contribution < 1.29 is 26.0 Å². The van der Waals surface area contributed by atoms with E-state index < -0.39 is 33.4 Å². The van der Waals surface area contributed by atoms with E-state index in [1.807, 2.05) is 0 Å². The molecule has 1 aliphatic rings. The fourth-order valence-corrected chi connectivity index (χ4v) is 5.14. The van der Waals surface area contributed by atoms with E-state index in [0.717, 1.165) is 27.9 Å². The van der Waals surface area contributed by atoms with Crippen molar-refractivity contribution in [1.82, 2.24) is 20.2 Å². The Hall–Kier alpha value is -2.54. The van der Waals surface area contributed by atoms with Crippen molar-refractivity contribution >= 4 is 27.0 Å². The maximum atomic E-state index is 13.6. The molecule has 3 aromatic heterocycles. The SMILES string of the molecule is O=S(=O)(C1CC1)N(Cc1ncc(-c2nnc(C(F)F)o2)s1)c1cncc(F)c1. The first-order chi connectivity index (χ1) is 13.3. The third-order valence-electron chi connectivity index (χ3n) is 3.90. The average molecular weight is 431 g/mol. The summed E-state index contributed by atoms with van der Waals surface area (Å²) in [6.07, 6.45) is 1.72. The topological polar surface area (TPSA) is 102 Å². The first-order valence-electron chi connectivity index (χ1n) is 8.03. The number of sulfonamides is 1. The van der Waals surface area contributed by atoms with Crippen LogP contribution < -0.4 is 4.31 Å². The summed E-state index contributed by atoms with van der Waals surface area (Å²) in [5.41, 5.74) is 0.0847. The van der Waals surface area contributed by atoms with Gasteiger partial charge in [-0.3, -0.25) is 9.29 Å². The third kappa shape index (κ3) is 3.71. The molecule has 0 spiro atoms. The van der Waals surface area contributed by atoms with Gasteiger partial charge >= 0.3 is 6.43 Å². The zero-order chi connectivity index (χ0) is 19.9. The lowest BCUT2D eigenvalue weighted by molar-refractivity contribution is 0.116. The Labute approximate surface area is 161 Å². The molecule has 1 saturated carbocycles. The summed E-state index contributed by atoms with van der Waals surface area (Å²) in [6, 6.07) is 1.08. The fourth-order valence-electron chi connectivity index (χ4n) is 2.44. The number of hydrogen-bond acceptors (Lipinski definition) is 8. The second kappa shape index (κ2) is 7.13. The number of alkyl halides is 2. The molecule has 0 radical (unpaired) electrons.